The molecule has 0 N–H and O–H groups in total. The maximum atomic E-state index is 12.8. The van der Waals surface area contributed by atoms with Crippen molar-refractivity contribution in [3.63, 3.8) is 0 Å². The van der Waals surface area contributed by atoms with Crippen molar-refractivity contribution in [1.29, 1.82) is 0 Å². The summed E-state index contributed by atoms with van der Waals surface area (Å²) in [5, 5.41) is 4.68. The summed E-state index contributed by atoms with van der Waals surface area (Å²) in [5.41, 5.74) is 2.99. The van der Waals surface area contributed by atoms with Gasteiger partial charge in [0.1, 0.15) is 5.75 Å². The van der Waals surface area contributed by atoms with Crippen molar-refractivity contribution < 1.29 is 14.1 Å². The van der Waals surface area contributed by atoms with Crippen LogP contribution >= 0.6 is 11.6 Å². The van der Waals surface area contributed by atoms with Crippen LogP contribution in [-0.4, -0.2) is 54.2 Å². The monoisotopic (exact) mass is 466 g/mol. The number of halogens is 1. The van der Waals surface area contributed by atoms with Crippen LogP contribution in [0.25, 0.3) is 11.4 Å². The number of hydrogen-bond acceptors (Lipinski definition) is 6. The van der Waals surface area contributed by atoms with Crippen molar-refractivity contribution in [2.75, 3.05) is 38.2 Å². The smallest absolute Gasteiger partial charge is 0.230 e. The van der Waals surface area contributed by atoms with E-state index in [1.54, 1.807) is 19.2 Å². The molecule has 0 atom stereocenters. The number of nitrogens with zero attached hydrogens (tertiary/aromatic N) is 4. The molecule has 5 rings (SSSR count). The number of piperazine rings is 1. The number of anilines is 1. The minimum atomic E-state index is 0.116. The average molecular weight is 467 g/mol. The van der Waals surface area contributed by atoms with Crippen LogP contribution in [0.15, 0.2) is 47.0 Å². The fourth-order valence-electron chi connectivity index (χ4n) is 4.32. The van der Waals surface area contributed by atoms with Crippen LogP contribution in [0, 0.1) is 0 Å². The van der Waals surface area contributed by atoms with Crippen LogP contribution in [0.1, 0.15) is 36.6 Å². The Bertz CT molecular complexity index is 1120. The van der Waals surface area contributed by atoms with Gasteiger partial charge in [0.2, 0.25) is 17.6 Å². The normalized spacial score (nSPS) is 16.5. The van der Waals surface area contributed by atoms with Crippen molar-refractivity contribution in [3.8, 4) is 17.1 Å². The number of methoxy groups -OCH3 is 1. The molecule has 1 aromatic heterocycles. The molecule has 2 aliphatic rings. The summed E-state index contributed by atoms with van der Waals surface area (Å²) in [6, 6.07) is 13.7. The van der Waals surface area contributed by atoms with Gasteiger partial charge in [0, 0.05) is 43.3 Å². The Morgan fingerprint density at radius 3 is 2.52 bits per heavy atom. The number of carbonyl (C=O) groups is 1. The molecule has 0 spiro atoms. The first-order chi connectivity index (χ1) is 16.1. The minimum absolute atomic E-state index is 0.116. The van der Waals surface area contributed by atoms with Gasteiger partial charge < -0.3 is 19.1 Å². The van der Waals surface area contributed by atoms with Crippen LogP contribution in [-0.2, 0) is 11.2 Å². The molecule has 0 bridgehead atoms. The van der Waals surface area contributed by atoms with Gasteiger partial charge in [0.05, 0.1) is 18.6 Å². The predicted molar refractivity (Wildman–Crippen MR) is 127 cm³/mol. The molecular weight excluding hydrogens is 440 g/mol. The van der Waals surface area contributed by atoms with Crippen molar-refractivity contribution >= 4 is 23.2 Å². The molecule has 1 aliphatic carbocycles. The molecule has 8 heteroatoms. The maximum absolute atomic E-state index is 12.8. The second kappa shape index (κ2) is 9.43. The van der Waals surface area contributed by atoms with Crippen LogP contribution in [0.2, 0.25) is 5.02 Å². The largest absolute Gasteiger partial charge is 0.495 e. The molecule has 2 aromatic carbocycles. The van der Waals surface area contributed by atoms with E-state index in [0.29, 0.717) is 42.0 Å². The quantitative estimate of drug-likeness (QED) is 0.530. The lowest BCUT2D eigenvalue weighted by Crippen LogP contribution is -2.49. The van der Waals surface area contributed by atoms with Crippen molar-refractivity contribution in [2.45, 2.75) is 31.6 Å². The van der Waals surface area contributed by atoms with E-state index in [9.17, 15) is 4.79 Å². The fourth-order valence-corrected chi connectivity index (χ4v) is 4.60. The van der Waals surface area contributed by atoms with Gasteiger partial charge >= 0.3 is 0 Å². The maximum Gasteiger partial charge on any atom is 0.230 e. The predicted octanol–water partition coefficient (Wildman–Crippen LogP) is 4.56. The zero-order valence-electron chi connectivity index (χ0n) is 18.7. The van der Waals surface area contributed by atoms with Gasteiger partial charge in [0.25, 0.3) is 0 Å². The van der Waals surface area contributed by atoms with Crippen molar-refractivity contribution in [3.05, 3.63) is 58.9 Å². The molecule has 172 valence electrons. The molecule has 7 nitrogen and oxygen atoms in total. The topological polar surface area (TPSA) is 71.7 Å². The van der Waals surface area contributed by atoms with Crippen LogP contribution in [0.3, 0.4) is 0 Å². The number of amides is 1. The molecule has 0 unspecified atom stereocenters. The van der Waals surface area contributed by atoms with Gasteiger partial charge in [0.15, 0.2) is 0 Å². The van der Waals surface area contributed by atoms with Gasteiger partial charge in [-0.05, 0) is 54.8 Å². The number of benzene rings is 2. The van der Waals surface area contributed by atoms with E-state index in [4.69, 9.17) is 20.9 Å². The molecule has 1 saturated heterocycles. The molecule has 3 aromatic rings. The summed E-state index contributed by atoms with van der Waals surface area (Å²) in [6.07, 6.45) is 3.86. The van der Waals surface area contributed by atoms with E-state index >= 15 is 0 Å². The van der Waals surface area contributed by atoms with Gasteiger partial charge in [-0.3, -0.25) is 4.79 Å². The Hall–Kier alpha value is -3.06. The number of ether oxygens (including phenoxy) is 1. The summed E-state index contributed by atoms with van der Waals surface area (Å²) < 4.78 is 10.6. The molecule has 2 heterocycles. The summed E-state index contributed by atoms with van der Waals surface area (Å²) in [7, 11) is 1.58. The average Bonchev–Trinajstić information content (AvgIpc) is 3.28. The van der Waals surface area contributed by atoms with Gasteiger partial charge in [-0.1, -0.05) is 29.2 Å². The number of aromatic nitrogens is 2. The summed E-state index contributed by atoms with van der Waals surface area (Å²) in [5.74, 6) is 2.58. The van der Waals surface area contributed by atoms with E-state index < -0.39 is 0 Å². The first kappa shape index (κ1) is 21.8. The van der Waals surface area contributed by atoms with Crippen molar-refractivity contribution in [1.82, 2.24) is 15.0 Å². The third-order valence-electron chi connectivity index (χ3n) is 6.59. The highest BCUT2D eigenvalue weighted by Crippen LogP contribution is 2.36. The lowest BCUT2D eigenvalue weighted by atomic mass is 9.85. The minimum Gasteiger partial charge on any atom is -0.495 e. The third-order valence-corrected chi connectivity index (χ3v) is 6.89. The second-order valence-corrected chi connectivity index (χ2v) is 9.05. The number of carbonyl (C=O) groups excluding carboxylic acids is 1. The van der Waals surface area contributed by atoms with Crippen LogP contribution in [0.5, 0.6) is 5.75 Å². The Kier molecular flexibility index (Phi) is 6.22. The summed E-state index contributed by atoms with van der Waals surface area (Å²) >= 11 is 6.19. The van der Waals surface area contributed by atoms with Crippen LogP contribution < -0.4 is 9.64 Å². The fraction of sp³-hybridized carbons (Fsp3) is 0.400. The molecule has 2 fully saturated rings. The Labute approximate surface area is 198 Å². The second-order valence-electron chi connectivity index (χ2n) is 8.64. The van der Waals surface area contributed by atoms with E-state index in [0.717, 1.165) is 48.6 Å². The highest BCUT2D eigenvalue weighted by molar-refractivity contribution is 6.32. The lowest BCUT2D eigenvalue weighted by Gasteiger charge is -2.36. The Morgan fingerprint density at radius 1 is 1.12 bits per heavy atom. The highest BCUT2D eigenvalue weighted by atomic mass is 35.5. The molecule has 33 heavy (non-hydrogen) atoms. The van der Waals surface area contributed by atoms with Gasteiger partial charge in [-0.2, -0.15) is 4.98 Å². The molecule has 0 radical (unpaired) electrons. The van der Waals surface area contributed by atoms with E-state index in [1.807, 2.05) is 23.1 Å². The number of hydrogen-bond donors (Lipinski definition) is 0. The Balaban J connectivity index is 1.15. The SMILES string of the molecule is COc1ccc(CC(=O)N2CCN(c3ccc(-c4noc(C5CCC5)n4)cc3)CC2)cc1Cl. The first-order valence-electron chi connectivity index (χ1n) is 11.4. The summed E-state index contributed by atoms with van der Waals surface area (Å²) in [4.78, 5) is 21.6. The van der Waals surface area contributed by atoms with Crippen LogP contribution in [0.4, 0.5) is 5.69 Å². The Morgan fingerprint density at radius 2 is 1.88 bits per heavy atom. The van der Waals surface area contributed by atoms with E-state index in [1.165, 1.54) is 6.42 Å². The summed E-state index contributed by atoms with van der Waals surface area (Å²) in [6.45, 7) is 2.98. The number of rotatable bonds is 6. The van der Waals surface area contributed by atoms with E-state index in [2.05, 4.69) is 27.2 Å². The highest BCUT2D eigenvalue weighted by Gasteiger charge is 2.26. The first-order valence-corrected chi connectivity index (χ1v) is 11.8. The van der Waals surface area contributed by atoms with Crippen molar-refractivity contribution in [2.24, 2.45) is 0 Å². The zero-order chi connectivity index (χ0) is 22.8. The molecule has 1 aliphatic heterocycles. The molecule has 1 saturated carbocycles. The third kappa shape index (κ3) is 4.69. The lowest BCUT2D eigenvalue weighted by molar-refractivity contribution is -0.130. The van der Waals surface area contributed by atoms with Gasteiger partial charge in [-0.15, -0.1) is 0 Å². The van der Waals surface area contributed by atoms with E-state index in [-0.39, 0.29) is 5.91 Å². The zero-order valence-corrected chi connectivity index (χ0v) is 19.4. The standard InChI is InChI=1S/C25H27ClN4O3/c1-32-22-10-5-17(15-21(22)26)16-23(31)30-13-11-29(12-14-30)20-8-6-18(7-9-20)24-27-25(33-28-24)19-3-2-4-19/h5-10,15,19H,2-4,11-14,16H2,1H3. The molecular formula is C25H27ClN4O3. The van der Waals surface area contributed by atoms with Gasteiger partial charge in [-0.25, -0.2) is 0 Å². The molecule has 1 amide bonds.